The zero-order valence-corrected chi connectivity index (χ0v) is 6.87. The van der Waals surface area contributed by atoms with Gasteiger partial charge in [0.15, 0.2) is 5.76 Å². The van der Waals surface area contributed by atoms with E-state index < -0.39 is 0 Å². The summed E-state index contributed by atoms with van der Waals surface area (Å²) in [5.41, 5.74) is 1.27. The fourth-order valence-electron chi connectivity index (χ4n) is 1.44. The topological polar surface area (TPSA) is 29.3 Å². The summed E-state index contributed by atoms with van der Waals surface area (Å²) in [7, 11) is 2.11. The lowest BCUT2D eigenvalue weighted by Crippen LogP contribution is -2.34. The number of hydrogen-bond acceptors (Lipinski definition) is 3. The first-order valence-corrected chi connectivity index (χ1v) is 3.90. The monoisotopic (exact) mass is 152 g/mol. The van der Waals surface area contributed by atoms with Crippen LogP contribution in [0.25, 0.3) is 0 Å². The van der Waals surface area contributed by atoms with Crippen LogP contribution in [0, 0.1) is 0 Å². The van der Waals surface area contributed by atoms with Gasteiger partial charge in [0.2, 0.25) is 0 Å². The van der Waals surface area contributed by atoms with Gasteiger partial charge < -0.3 is 4.52 Å². The first-order valence-electron chi connectivity index (χ1n) is 3.90. The molecule has 1 aliphatic heterocycles. The highest BCUT2D eigenvalue weighted by molar-refractivity contribution is 5.17. The highest BCUT2D eigenvalue weighted by Gasteiger charge is 2.22. The van der Waals surface area contributed by atoms with Gasteiger partial charge in [-0.15, -0.1) is 0 Å². The number of hydrogen-bond donors (Lipinski definition) is 0. The van der Waals surface area contributed by atoms with Crippen molar-refractivity contribution in [2.75, 3.05) is 7.05 Å². The summed E-state index contributed by atoms with van der Waals surface area (Å²) in [5.74, 6) is 1.03. The first kappa shape index (κ1) is 6.85. The molecule has 1 atom stereocenters. The van der Waals surface area contributed by atoms with Crippen LogP contribution < -0.4 is 0 Å². The van der Waals surface area contributed by atoms with Crippen LogP contribution in [-0.2, 0) is 13.0 Å². The van der Waals surface area contributed by atoms with Gasteiger partial charge in [0.25, 0.3) is 0 Å². The summed E-state index contributed by atoms with van der Waals surface area (Å²) in [5, 5.41) is 3.77. The lowest BCUT2D eigenvalue weighted by Gasteiger charge is -2.27. The van der Waals surface area contributed by atoms with E-state index in [-0.39, 0.29) is 0 Å². The van der Waals surface area contributed by atoms with Gasteiger partial charge >= 0.3 is 0 Å². The molecular formula is C8H12N2O. The van der Waals surface area contributed by atoms with Crippen molar-refractivity contribution in [1.82, 2.24) is 10.1 Å². The van der Waals surface area contributed by atoms with Crippen LogP contribution in [0.1, 0.15) is 18.2 Å². The molecule has 2 rings (SSSR count). The average Bonchev–Trinajstić information content (AvgIpc) is 2.36. The molecule has 0 radical (unpaired) electrons. The Morgan fingerprint density at radius 1 is 1.73 bits per heavy atom. The molecule has 2 heterocycles. The summed E-state index contributed by atoms with van der Waals surface area (Å²) in [6.07, 6.45) is 2.90. The zero-order valence-electron chi connectivity index (χ0n) is 6.87. The largest absolute Gasteiger partial charge is 0.360 e. The molecule has 0 saturated carbocycles. The number of nitrogens with zero attached hydrogens (tertiary/aromatic N) is 2. The Morgan fingerprint density at radius 3 is 3.36 bits per heavy atom. The zero-order chi connectivity index (χ0) is 7.84. The average molecular weight is 152 g/mol. The molecule has 1 aromatic rings. The van der Waals surface area contributed by atoms with E-state index in [1.807, 2.05) is 6.20 Å². The van der Waals surface area contributed by atoms with Crippen molar-refractivity contribution in [3.63, 3.8) is 0 Å². The summed E-state index contributed by atoms with van der Waals surface area (Å²) in [6, 6.07) is 0.613. The molecule has 0 spiro atoms. The molecule has 1 aromatic heterocycles. The van der Waals surface area contributed by atoms with E-state index in [4.69, 9.17) is 4.52 Å². The minimum absolute atomic E-state index is 0.613. The first-order chi connectivity index (χ1) is 5.27. The molecular weight excluding hydrogens is 140 g/mol. The van der Waals surface area contributed by atoms with Gasteiger partial charge in [-0.1, -0.05) is 5.16 Å². The molecule has 1 aliphatic rings. The number of aromatic nitrogens is 1. The SMILES string of the molecule is CC1Cc2cnoc2CN1C. The molecule has 11 heavy (non-hydrogen) atoms. The smallest absolute Gasteiger partial charge is 0.153 e. The summed E-state index contributed by atoms with van der Waals surface area (Å²) in [4.78, 5) is 2.27. The van der Waals surface area contributed by atoms with Crippen molar-refractivity contribution < 1.29 is 4.52 Å². The Kier molecular flexibility index (Phi) is 1.46. The minimum Gasteiger partial charge on any atom is -0.360 e. The summed E-state index contributed by atoms with van der Waals surface area (Å²) >= 11 is 0. The van der Waals surface area contributed by atoms with E-state index in [2.05, 4.69) is 24.0 Å². The van der Waals surface area contributed by atoms with Gasteiger partial charge in [-0.2, -0.15) is 0 Å². The predicted molar refractivity (Wildman–Crippen MR) is 41.1 cm³/mol. The van der Waals surface area contributed by atoms with Crippen LogP contribution in [0.2, 0.25) is 0 Å². The maximum atomic E-state index is 5.08. The van der Waals surface area contributed by atoms with E-state index in [1.54, 1.807) is 0 Å². The highest BCUT2D eigenvalue weighted by Crippen LogP contribution is 2.20. The molecule has 3 nitrogen and oxygen atoms in total. The molecule has 0 N–H and O–H groups in total. The Labute approximate surface area is 66.0 Å². The lowest BCUT2D eigenvalue weighted by atomic mass is 10.0. The molecule has 0 amide bonds. The fraction of sp³-hybridized carbons (Fsp3) is 0.625. The second kappa shape index (κ2) is 2.34. The fourth-order valence-corrected chi connectivity index (χ4v) is 1.44. The van der Waals surface area contributed by atoms with E-state index in [0.717, 1.165) is 18.7 Å². The molecule has 0 fully saturated rings. The molecule has 60 valence electrons. The van der Waals surface area contributed by atoms with E-state index in [1.165, 1.54) is 5.56 Å². The van der Waals surface area contributed by atoms with Crippen LogP contribution in [-0.4, -0.2) is 23.1 Å². The molecule has 0 aromatic carbocycles. The molecule has 0 bridgehead atoms. The number of likely N-dealkylation sites (N-methyl/N-ethyl adjacent to an activating group) is 1. The number of rotatable bonds is 0. The molecule has 0 aliphatic carbocycles. The van der Waals surface area contributed by atoms with Crippen LogP contribution in [0.15, 0.2) is 10.7 Å². The van der Waals surface area contributed by atoms with E-state index in [9.17, 15) is 0 Å². The molecule has 0 saturated heterocycles. The van der Waals surface area contributed by atoms with Gasteiger partial charge in [-0.3, -0.25) is 4.90 Å². The summed E-state index contributed by atoms with van der Waals surface area (Å²) in [6.45, 7) is 3.12. The third-order valence-corrected chi connectivity index (χ3v) is 2.39. The Hall–Kier alpha value is -0.830. The quantitative estimate of drug-likeness (QED) is 0.556. The normalized spacial score (nSPS) is 25.1. The maximum Gasteiger partial charge on any atom is 0.153 e. The van der Waals surface area contributed by atoms with Gasteiger partial charge in [0, 0.05) is 11.6 Å². The van der Waals surface area contributed by atoms with Gasteiger partial charge in [-0.05, 0) is 20.4 Å². The second-order valence-corrected chi connectivity index (χ2v) is 3.24. The highest BCUT2D eigenvalue weighted by atomic mass is 16.5. The lowest BCUT2D eigenvalue weighted by molar-refractivity contribution is 0.199. The van der Waals surface area contributed by atoms with Crippen LogP contribution >= 0.6 is 0 Å². The van der Waals surface area contributed by atoms with Gasteiger partial charge in [0.1, 0.15) is 0 Å². The van der Waals surface area contributed by atoms with Gasteiger partial charge in [-0.25, -0.2) is 0 Å². The van der Waals surface area contributed by atoms with Gasteiger partial charge in [0.05, 0.1) is 12.7 Å². The third kappa shape index (κ3) is 1.05. The Balaban J connectivity index is 2.30. The molecule has 3 heteroatoms. The van der Waals surface area contributed by atoms with E-state index >= 15 is 0 Å². The minimum atomic E-state index is 0.613. The van der Waals surface area contributed by atoms with Crippen LogP contribution in [0.5, 0.6) is 0 Å². The number of fused-ring (bicyclic) bond motifs is 1. The van der Waals surface area contributed by atoms with Crippen molar-refractivity contribution in [2.24, 2.45) is 0 Å². The van der Waals surface area contributed by atoms with Crippen molar-refractivity contribution in [1.29, 1.82) is 0 Å². The second-order valence-electron chi connectivity index (χ2n) is 3.24. The maximum absolute atomic E-state index is 5.08. The van der Waals surface area contributed by atoms with Crippen molar-refractivity contribution >= 4 is 0 Å². The third-order valence-electron chi connectivity index (χ3n) is 2.39. The van der Waals surface area contributed by atoms with Crippen molar-refractivity contribution in [2.45, 2.75) is 25.9 Å². The predicted octanol–water partition coefficient (Wildman–Crippen LogP) is 1.05. The van der Waals surface area contributed by atoms with Crippen molar-refractivity contribution in [3.05, 3.63) is 17.5 Å². The summed E-state index contributed by atoms with van der Waals surface area (Å²) < 4.78 is 5.08. The van der Waals surface area contributed by atoms with E-state index in [0.29, 0.717) is 6.04 Å². The van der Waals surface area contributed by atoms with Crippen molar-refractivity contribution in [3.8, 4) is 0 Å². The van der Waals surface area contributed by atoms with Crippen LogP contribution in [0.3, 0.4) is 0 Å². The Morgan fingerprint density at radius 2 is 2.55 bits per heavy atom. The van der Waals surface area contributed by atoms with Crippen LogP contribution in [0.4, 0.5) is 0 Å². The standard InChI is InChI=1S/C8H12N2O/c1-6-3-7-4-9-11-8(7)5-10(6)2/h4,6H,3,5H2,1-2H3. The Bertz CT molecular complexity index is 232. The molecule has 1 unspecified atom stereocenters.